The summed E-state index contributed by atoms with van der Waals surface area (Å²) in [7, 11) is 0. The SMILES string of the molecule is C=C(C)C1CC=C(C)C(=O)C1.C=CC=C.C=Cc1ccccc1. The van der Waals surface area contributed by atoms with Gasteiger partial charge in [-0.05, 0) is 37.3 Å². The minimum Gasteiger partial charge on any atom is -0.295 e. The van der Waals surface area contributed by atoms with Gasteiger partial charge in [-0.1, -0.05) is 86.5 Å². The molecule has 0 saturated heterocycles. The molecule has 0 amide bonds. The topological polar surface area (TPSA) is 17.1 Å². The number of hydrogen-bond acceptors (Lipinski definition) is 1. The third-order valence-corrected chi connectivity index (χ3v) is 3.48. The highest BCUT2D eigenvalue weighted by Gasteiger charge is 2.19. The van der Waals surface area contributed by atoms with E-state index in [1.54, 1.807) is 12.2 Å². The minimum absolute atomic E-state index is 0.282. The highest BCUT2D eigenvalue weighted by molar-refractivity contribution is 5.95. The summed E-state index contributed by atoms with van der Waals surface area (Å²) in [5.74, 6) is 0.676. The molecule has 0 radical (unpaired) electrons. The Bertz CT molecular complexity index is 555. The second kappa shape index (κ2) is 12.2. The van der Waals surface area contributed by atoms with E-state index in [0.29, 0.717) is 12.3 Å². The molecule has 2 rings (SSSR count). The second-order valence-corrected chi connectivity index (χ2v) is 5.38. The Kier molecular flexibility index (Phi) is 10.9. The van der Waals surface area contributed by atoms with E-state index in [0.717, 1.165) is 17.6 Å². The average Bonchev–Trinajstić information content (AvgIpc) is 2.58. The maximum Gasteiger partial charge on any atom is 0.158 e. The Morgan fingerprint density at radius 2 is 1.70 bits per heavy atom. The maximum absolute atomic E-state index is 11.2. The number of Topliss-reactive ketones (excluding diaryl/α,β-unsaturated/α-hetero) is 1. The minimum atomic E-state index is 0.282. The fraction of sp³-hybridized carbons (Fsp3) is 0.227. The van der Waals surface area contributed by atoms with Crippen LogP contribution < -0.4 is 0 Å². The standard InChI is InChI=1S/C10H14O.C8H8.C4H6/c1-7(2)9-5-4-8(3)10(11)6-9;1-2-8-6-4-3-5-7-8;1-3-4-2/h4,9H,1,5-6H2,2-3H3;2-7H,1H2;3-4H,1-2H2. The molecular weight excluding hydrogens is 280 g/mol. The Hall–Kier alpha value is -2.41. The van der Waals surface area contributed by atoms with Crippen molar-refractivity contribution < 1.29 is 4.79 Å². The molecule has 0 aliphatic heterocycles. The summed E-state index contributed by atoms with van der Waals surface area (Å²) in [6.45, 7) is 18.1. The molecule has 0 fully saturated rings. The predicted octanol–water partition coefficient (Wildman–Crippen LogP) is 6.18. The van der Waals surface area contributed by atoms with Gasteiger partial charge < -0.3 is 0 Å². The first-order chi connectivity index (χ1) is 11.0. The lowest BCUT2D eigenvalue weighted by Crippen LogP contribution is -2.14. The monoisotopic (exact) mass is 308 g/mol. The Morgan fingerprint density at radius 1 is 1.13 bits per heavy atom. The third kappa shape index (κ3) is 9.26. The van der Waals surface area contributed by atoms with Gasteiger partial charge in [0, 0.05) is 6.42 Å². The number of hydrogen-bond donors (Lipinski definition) is 0. The van der Waals surface area contributed by atoms with Crippen molar-refractivity contribution in [3.8, 4) is 0 Å². The normalized spacial score (nSPS) is 15.7. The lowest BCUT2D eigenvalue weighted by Gasteiger charge is -2.18. The number of carbonyl (C=O) groups excluding carboxylic acids is 1. The maximum atomic E-state index is 11.2. The largest absolute Gasteiger partial charge is 0.295 e. The Morgan fingerprint density at radius 3 is 2.04 bits per heavy atom. The average molecular weight is 308 g/mol. The van der Waals surface area contributed by atoms with Gasteiger partial charge in [0.15, 0.2) is 5.78 Å². The van der Waals surface area contributed by atoms with Crippen LogP contribution in [-0.4, -0.2) is 5.78 Å². The van der Waals surface area contributed by atoms with Gasteiger partial charge in [-0.2, -0.15) is 0 Å². The highest BCUT2D eigenvalue weighted by Crippen LogP contribution is 2.25. The first-order valence-electron chi connectivity index (χ1n) is 7.72. The molecule has 1 aliphatic rings. The van der Waals surface area contributed by atoms with Crippen molar-refractivity contribution in [3.05, 3.63) is 91.6 Å². The van der Waals surface area contributed by atoms with Crippen LogP contribution in [-0.2, 0) is 4.79 Å². The zero-order chi connectivity index (χ0) is 17.7. The van der Waals surface area contributed by atoms with Crippen molar-refractivity contribution in [2.45, 2.75) is 26.7 Å². The fourth-order valence-corrected chi connectivity index (χ4v) is 1.87. The molecule has 0 heterocycles. The first kappa shape index (κ1) is 20.6. The molecule has 1 unspecified atom stereocenters. The lowest BCUT2D eigenvalue weighted by molar-refractivity contribution is -0.116. The van der Waals surface area contributed by atoms with E-state index in [1.165, 1.54) is 5.56 Å². The summed E-state index contributed by atoms with van der Waals surface area (Å²) in [5, 5.41) is 0. The van der Waals surface area contributed by atoms with E-state index < -0.39 is 0 Å². The molecule has 0 N–H and O–H groups in total. The van der Waals surface area contributed by atoms with Crippen molar-refractivity contribution in [3.63, 3.8) is 0 Å². The van der Waals surface area contributed by atoms with Crippen molar-refractivity contribution in [1.29, 1.82) is 0 Å². The molecule has 0 saturated carbocycles. The lowest BCUT2D eigenvalue weighted by atomic mass is 9.85. The zero-order valence-electron chi connectivity index (χ0n) is 14.4. The smallest absolute Gasteiger partial charge is 0.158 e. The molecule has 1 aromatic carbocycles. The van der Waals surface area contributed by atoms with Gasteiger partial charge in [-0.15, -0.1) is 0 Å². The van der Waals surface area contributed by atoms with Crippen LogP contribution in [0.25, 0.3) is 6.08 Å². The molecule has 1 aliphatic carbocycles. The van der Waals surface area contributed by atoms with Gasteiger partial charge in [0.2, 0.25) is 0 Å². The fourth-order valence-electron chi connectivity index (χ4n) is 1.87. The van der Waals surface area contributed by atoms with Crippen LogP contribution in [0.3, 0.4) is 0 Å². The summed E-state index contributed by atoms with van der Waals surface area (Å²) in [4.78, 5) is 11.2. The molecule has 0 bridgehead atoms. The predicted molar refractivity (Wildman–Crippen MR) is 103 cm³/mol. The number of carbonyl (C=O) groups is 1. The molecule has 1 aromatic rings. The molecule has 0 spiro atoms. The van der Waals surface area contributed by atoms with E-state index in [4.69, 9.17) is 0 Å². The van der Waals surface area contributed by atoms with Crippen LogP contribution in [0.2, 0.25) is 0 Å². The van der Waals surface area contributed by atoms with E-state index >= 15 is 0 Å². The van der Waals surface area contributed by atoms with Crippen LogP contribution in [0.15, 0.2) is 86.0 Å². The summed E-state index contributed by atoms with van der Waals surface area (Å²) in [6, 6.07) is 10.0. The number of ketones is 1. The summed E-state index contributed by atoms with van der Waals surface area (Å²) in [6.07, 6.45) is 8.79. The molecule has 1 atom stereocenters. The van der Waals surface area contributed by atoms with Gasteiger partial charge in [0.05, 0.1) is 0 Å². The molecular formula is C22H28O. The third-order valence-electron chi connectivity index (χ3n) is 3.48. The first-order valence-corrected chi connectivity index (χ1v) is 7.72. The van der Waals surface area contributed by atoms with Crippen molar-refractivity contribution in [2.24, 2.45) is 5.92 Å². The van der Waals surface area contributed by atoms with Gasteiger partial charge in [-0.3, -0.25) is 4.79 Å². The van der Waals surface area contributed by atoms with Crippen molar-refractivity contribution in [1.82, 2.24) is 0 Å². The summed E-state index contributed by atoms with van der Waals surface area (Å²) < 4.78 is 0. The van der Waals surface area contributed by atoms with Crippen LogP contribution in [0, 0.1) is 5.92 Å². The molecule has 0 aromatic heterocycles. The summed E-state index contributed by atoms with van der Waals surface area (Å²) >= 11 is 0. The van der Waals surface area contributed by atoms with Crippen molar-refractivity contribution in [2.75, 3.05) is 0 Å². The van der Waals surface area contributed by atoms with Crippen LogP contribution in [0.1, 0.15) is 32.3 Å². The number of allylic oxidation sites excluding steroid dienone is 5. The number of rotatable bonds is 3. The Balaban J connectivity index is 0.000000354. The van der Waals surface area contributed by atoms with Crippen molar-refractivity contribution >= 4 is 11.9 Å². The molecule has 23 heavy (non-hydrogen) atoms. The van der Waals surface area contributed by atoms with E-state index in [1.807, 2.05) is 56.3 Å². The van der Waals surface area contributed by atoms with Crippen LogP contribution in [0.5, 0.6) is 0 Å². The van der Waals surface area contributed by atoms with Gasteiger partial charge in [-0.25, -0.2) is 0 Å². The van der Waals surface area contributed by atoms with E-state index in [9.17, 15) is 4.79 Å². The van der Waals surface area contributed by atoms with Gasteiger partial charge in [0.1, 0.15) is 0 Å². The quantitative estimate of drug-likeness (QED) is 0.481. The zero-order valence-corrected chi connectivity index (χ0v) is 14.4. The van der Waals surface area contributed by atoms with Gasteiger partial charge >= 0.3 is 0 Å². The van der Waals surface area contributed by atoms with E-state index in [2.05, 4.69) is 26.3 Å². The molecule has 1 nitrogen and oxygen atoms in total. The van der Waals surface area contributed by atoms with Gasteiger partial charge in [0.25, 0.3) is 0 Å². The highest BCUT2D eigenvalue weighted by atomic mass is 16.1. The Labute approximate surface area is 141 Å². The molecule has 122 valence electrons. The number of benzene rings is 1. The molecule has 1 heteroatoms. The second-order valence-electron chi connectivity index (χ2n) is 5.38. The van der Waals surface area contributed by atoms with Crippen LogP contribution >= 0.6 is 0 Å². The van der Waals surface area contributed by atoms with E-state index in [-0.39, 0.29) is 5.78 Å². The summed E-state index contributed by atoms with van der Waals surface area (Å²) in [5.41, 5.74) is 3.22. The van der Waals surface area contributed by atoms with Crippen LogP contribution in [0.4, 0.5) is 0 Å².